The molecule has 109 valence electrons. The van der Waals surface area contributed by atoms with E-state index in [0.29, 0.717) is 0 Å². The van der Waals surface area contributed by atoms with Gasteiger partial charge in [-0.3, -0.25) is 0 Å². The van der Waals surface area contributed by atoms with Gasteiger partial charge in [0, 0.05) is 0 Å². The van der Waals surface area contributed by atoms with Crippen molar-refractivity contribution in [3.05, 3.63) is 6.42 Å². The lowest BCUT2D eigenvalue weighted by Crippen LogP contribution is -2.26. The monoisotopic (exact) mass is 261 g/mol. The van der Waals surface area contributed by atoms with Gasteiger partial charge in [-0.2, -0.15) is 0 Å². The predicted molar refractivity (Wildman–Crippen MR) is 82.8 cm³/mol. The number of rotatable bonds is 5. The Morgan fingerprint density at radius 2 is 1.68 bits per heavy atom. The van der Waals surface area contributed by atoms with Gasteiger partial charge in [0.05, 0.1) is 0 Å². The molecule has 19 heavy (non-hydrogen) atoms. The van der Waals surface area contributed by atoms with E-state index >= 15 is 0 Å². The van der Waals surface area contributed by atoms with Crippen molar-refractivity contribution in [1.29, 1.82) is 0 Å². The van der Waals surface area contributed by atoms with Gasteiger partial charge in [-0.1, -0.05) is 58.3 Å². The second-order valence-corrected chi connectivity index (χ2v) is 7.66. The third-order valence-electron chi connectivity index (χ3n) is 6.45. The number of unbranched alkanes of at least 4 members (excludes halogenated alkanes) is 3. The quantitative estimate of drug-likeness (QED) is 0.531. The summed E-state index contributed by atoms with van der Waals surface area (Å²) in [5, 5.41) is 0. The summed E-state index contributed by atoms with van der Waals surface area (Å²) < 4.78 is 0. The van der Waals surface area contributed by atoms with Crippen LogP contribution in [-0.4, -0.2) is 0 Å². The third-order valence-corrected chi connectivity index (χ3v) is 6.45. The zero-order valence-corrected chi connectivity index (χ0v) is 12.9. The van der Waals surface area contributed by atoms with Gasteiger partial charge >= 0.3 is 0 Å². The molecule has 0 amide bonds. The minimum Gasteiger partial charge on any atom is -0.0654 e. The fourth-order valence-corrected chi connectivity index (χ4v) is 5.47. The predicted octanol–water partition coefficient (Wildman–Crippen LogP) is 6.01. The van der Waals surface area contributed by atoms with Crippen LogP contribution in [0.5, 0.6) is 0 Å². The van der Waals surface area contributed by atoms with Crippen molar-refractivity contribution in [1.82, 2.24) is 0 Å². The van der Waals surface area contributed by atoms with E-state index in [1.807, 2.05) is 0 Å². The normalized spacial score (nSPS) is 41.8. The van der Waals surface area contributed by atoms with Gasteiger partial charge in [-0.05, 0) is 61.7 Å². The van der Waals surface area contributed by atoms with Crippen LogP contribution >= 0.6 is 0 Å². The van der Waals surface area contributed by atoms with Crippen molar-refractivity contribution in [2.24, 2.45) is 29.6 Å². The summed E-state index contributed by atoms with van der Waals surface area (Å²) >= 11 is 0. The summed E-state index contributed by atoms with van der Waals surface area (Å²) in [6.07, 6.45) is 21.0. The Labute approximate surface area is 120 Å². The average molecular weight is 261 g/mol. The molecule has 0 aliphatic heterocycles. The molecule has 1 radical (unpaired) electrons. The Morgan fingerprint density at radius 1 is 0.842 bits per heavy atom. The SMILES string of the molecule is CCCCCCC1CCC2C([CH]C3CCCCC32)C1. The largest absolute Gasteiger partial charge is 0.0654 e. The molecule has 0 heterocycles. The summed E-state index contributed by atoms with van der Waals surface area (Å²) in [5.41, 5.74) is 0. The molecule has 0 N–H and O–H groups in total. The minimum atomic E-state index is 1.03. The first-order valence-corrected chi connectivity index (χ1v) is 9.23. The average Bonchev–Trinajstić information content (AvgIpc) is 2.81. The van der Waals surface area contributed by atoms with E-state index in [9.17, 15) is 0 Å². The van der Waals surface area contributed by atoms with E-state index < -0.39 is 0 Å². The van der Waals surface area contributed by atoms with E-state index in [4.69, 9.17) is 0 Å². The third kappa shape index (κ3) is 3.19. The lowest BCUT2D eigenvalue weighted by molar-refractivity contribution is 0.150. The van der Waals surface area contributed by atoms with Crippen LogP contribution in [0.4, 0.5) is 0 Å². The van der Waals surface area contributed by atoms with E-state index in [1.165, 1.54) is 51.4 Å². The maximum Gasteiger partial charge on any atom is -0.0318 e. The highest BCUT2D eigenvalue weighted by molar-refractivity contribution is 5.05. The Bertz CT molecular complexity index is 269. The fraction of sp³-hybridized carbons (Fsp3) is 0.947. The molecule has 3 saturated carbocycles. The summed E-state index contributed by atoms with van der Waals surface area (Å²) in [5.74, 6) is 5.35. The maximum absolute atomic E-state index is 2.83. The van der Waals surface area contributed by atoms with E-state index in [0.717, 1.165) is 29.6 Å². The molecule has 0 bridgehead atoms. The van der Waals surface area contributed by atoms with Crippen molar-refractivity contribution >= 4 is 0 Å². The highest BCUT2D eigenvalue weighted by Crippen LogP contribution is 2.54. The van der Waals surface area contributed by atoms with Gasteiger partial charge in [-0.15, -0.1) is 0 Å². The summed E-state index contributed by atoms with van der Waals surface area (Å²) in [4.78, 5) is 0. The van der Waals surface area contributed by atoms with Gasteiger partial charge in [-0.25, -0.2) is 0 Å². The smallest absolute Gasteiger partial charge is 0.0318 e. The maximum atomic E-state index is 2.83. The zero-order valence-electron chi connectivity index (χ0n) is 12.9. The van der Waals surface area contributed by atoms with Crippen LogP contribution in [-0.2, 0) is 0 Å². The van der Waals surface area contributed by atoms with Crippen LogP contribution in [0, 0.1) is 36.0 Å². The highest BCUT2D eigenvalue weighted by Gasteiger charge is 2.45. The molecule has 3 rings (SSSR count). The molecule has 5 unspecified atom stereocenters. The Hall–Kier alpha value is 0. The Balaban J connectivity index is 1.46. The van der Waals surface area contributed by atoms with Gasteiger partial charge in [0.2, 0.25) is 0 Å². The molecule has 0 nitrogen and oxygen atoms in total. The molecule has 0 aromatic carbocycles. The molecular weight excluding hydrogens is 228 g/mol. The molecule has 5 atom stereocenters. The van der Waals surface area contributed by atoms with Crippen LogP contribution in [0.15, 0.2) is 0 Å². The highest BCUT2D eigenvalue weighted by atomic mass is 14.5. The van der Waals surface area contributed by atoms with Crippen LogP contribution < -0.4 is 0 Å². The van der Waals surface area contributed by atoms with Crippen molar-refractivity contribution in [3.8, 4) is 0 Å². The first-order valence-electron chi connectivity index (χ1n) is 9.23. The topological polar surface area (TPSA) is 0 Å². The van der Waals surface area contributed by atoms with Crippen molar-refractivity contribution < 1.29 is 0 Å². The second kappa shape index (κ2) is 6.64. The lowest BCUT2D eigenvalue weighted by Gasteiger charge is -2.35. The van der Waals surface area contributed by atoms with Gasteiger partial charge in [0.15, 0.2) is 0 Å². The zero-order chi connectivity index (χ0) is 13.1. The lowest BCUT2D eigenvalue weighted by atomic mass is 9.70. The number of fused-ring (bicyclic) bond motifs is 3. The minimum absolute atomic E-state index is 1.03. The Morgan fingerprint density at radius 3 is 2.58 bits per heavy atom. The number of hydrogen-bond donors (Lipinski definition) is 0. The van der Waals surface area contributed by atoms with Gasteiger partial charge in [0.1, 0.15) is 0 Å². The standard InChI is InChI=1S/C19H33/c1-2-3-4-5-8-15-11-12-19-17(13-15)14-16-9-6-7-10-18(16)19/h14-19H,2-13H2,1H3. The van der Waals surface area contributed by atoms with Crippen LogP contribution in [0.1, 0.15) is 84.0 Å². The van der Waals surface area contributed by atoms with E-state index in [1.54, 1.807) is 25.7 Å². The molecule has 0 aromatic rings. The van der Waals surface area contributed by atoms with E-state index in [2.05, 4.69) is 13.3 Å². The molecule has 0 aromatic heterocycles. The fourth-order valence-electron chi connectivity index (χ4n) is 5.47. The summed E-state index contributed by atoms with van der Waals surface area (Å²) in [6.45, 7) is 2.32. The van der Waals surface area contributed by atoms with Crippen molar-refractivity contribution in [2.75, 3.05) is 0 Å². The summed E-state index contributed by atoms with van der Waals surface area (Å²) in [6, 6.07) is 0. The second-order valence-electron chi connectivity index (χ2n) is 7.66. The summed E-state index contributed by atoms with van der Waals surface area (Å²) in [7, 11) is 0. The van der Waals surface area contributed by atoms with Crippen molar-refractivity contribution in [3.63, 3.8) is 0 Å². The molecule has 0 spiro atoms. The first kappa shape index (κ1) is 14.0. The van der Waals surface area contributed by atoms with Gasteiger partial charge in [0.25, 0.3) is 0 Å². The van der Waals surface area contributed by atoms with Crippen LogP contribution in [0.25, 0.3) is 0 Å². The molecule has 3 aliphatic carbocycles. The molecule has 0 saturated heterocycles. The van der Waals surface area contributed by atoms with Crippen LogP contribution in [0.3, 0.4) is 0 Å². The van der Waals surface area contributed by atoms with Crippen molar-refractivity contribution in [2.45, 2.75) is 84.0 Å². The van der Waals surface area contributed by atoms with E-state index in [-0.39, 0.29) is 0 Å². The first-order chi connectivity index (χ1) is 9.38. The molecular formula is C19H33. The Kier molecular flexibility index (Phi) is 4.87. The van der Waals surface area contributed by atoms with Crippen LogP contribution in [0.2, 0.25) is 0 Å². The molecule has 0 heteroatoms. The van der Waals surface area contributed by atoms with Gasteiger partial charge < -0.3 is 0 Å². The number of hydrogen-bond acceptors (Lipinski definition) is 0. The molecule has 3 aliphatic rings. The molecule has 3 fully saturated rings.